The van der Waals surface area contributed by atoms with Crippen molar-refractivity contribution in [2.24, 2.45) is 0 Å². The first-order valence-corrected chi connectivity index (χ1v) is 8.87. The Kier molecular flexibility index (Phi) is 4.66. The van der Waals surface area contributed by atoms with E-state index in [9.17, 15) is 18.0 Å². The molecule has 1 aromatic carbocycles. The number of alkyl halides is 3. The Labute approximate surface area is 158 Å². The van der Waals surface area contributed by atoms with Gasteiger partial charge in [-0.1, -0.05) is 6.07 Å². The summed E-state index contributed by atoms with van der Waals surface area (Å²) in [4.78, 5) is 17.9. The van der Waals surface area contributed by atoms with Crippen molar-refractivity contribution in [3.8, 4) is 0 Å². The second kappa shape index (κ2) is 7.14. The van der Waals surface area contributed by atoms with Crippen molar-refractivity contribution in [2.45, 2.75) is 25.1 Å². The van der Waals surface area contributed by atoms with Gasteiger partial charge in [-0.05, 0) is 30.2 Å². The number of benzene rings is 1. The molecule has 28 heavy (non-hydrogen) atoms. The summed E-state index contributed by atoms with van der Waals surface area (Å²) < 4.78 is 38.6. The monoisotopic (exact) mass is 389 g/mol. The molecule has 3 aromatic rings. The average molecular weight is 389 g/mol. The number of anilines is 1. The number of H-pyrrole nitrogens is 1. The largest absolute Gasteiger partial charge is 0.417 e. The Morgan fingerprint density at radius 2 is 2.11 bits per heavy atom. The summed E-state index contributed by atoms with van der Waals surface area (Å²) in [6.07, 6.45) is 0.419. The molecule has 0 aliphatic carbocycles. The first-order valence-electron chi connectivity index (χ1n) is 8.87. The fraction of sp³-hybridized carbons (Fsp3) is 0.316. The molecule has 0 bridgehead atoms. The lowest BCUT2D eigenvalue weighted by molar-refractivity contribution is -0.137. The maximum Gasteiger partial charge on any atom is 0.417 e. The summed E-state index contributed by atoms with van der Waals surface area (Å²) in [5.41, 5.74) is 1.43. The second-order valence-corrected chi connectivity index (χ2v) is 6.90. The minimum absolute atomic E-state index is 0.111. The molecule has 2 N–H and O–H groups in total. The average Bonchev–Trinajstić information content (AvgIpc) is 3.30. The number of pyridine rings is 1. The van der Waals surface area contributed by atoms with Crippen LogP contribution in [0.25, 0.3) is 10.9 Å². The maximum atomic E-state index is 12.9. The van der Waals surface area contributed by atoms with Crippen LogP contribution < -0.4 is 10.2 Å². The summed E-state index contributed by atoms with van der Waals surface area (Å²) in [7, 11) is 0. The van der Waals surface area contributed by atoms with Gasteiger partial charge in [0.05, 0.1) is 35.6 Å². The highest BCUT2D eigenvalue weighted by Crippen LogP contribution is 2.31. The number of halogens is 3. The van der Waals surface area contributed by atoms with E-state index in [1.54, 1.807) is 6.20 Å². The first-order chi connectivity index (χ1) is 13.4. The zero-order valence-electron chi connectivity index (χ0n) is 14.8. The number of amides is 1. The normalized spacial score (nSPS) is 17.2. The Hall–Kier alpha value is -3.10. The fourth-order valence-electron chi connectivity index (χ4n) is 3.43. The van der Waals surface area contributed by atoms with Gasteiger partial charge in [0.2, 0.25) is 5.91 Å². The van der Waals surface area contributed by atoms with Crippen molar-refractivity contribution >= 4 is 22.5 Å². The minimum atomic E-state index is -4.42. The molecule has 3 heterocycles. The van der Waals surface area contributed by atoms with Crippen LogP contribution in [0.2, 0.25) is 0 Å². The second-order valence-electron chi connectivity index (χ2n) is 6.90. The minimum Gasteiger partial charge on any atom is -0.368 e. The molecule has 0 saturated carbocycles. The van der Waals surface area contributed by atoms with E-state index in [0.717, 1.165) is 28.7 Å². The smallest absolute Gasteiger partial charge is 0.368 e. The molecule has 1 unspecified atom stereocenters. The molecule has 9 heteroatoms. The summed E-state index contributed by atoms with van der Waals surface area (Å²) in [6, 6.07) is 6.64. The standard InChI is InChI=1S/C19H18F3N5O/c20-19(21,22)14-7-16(10-23-9-14)27-4-3-15(11-27)25-18(28)6-12-1-2-17-13(5-12)8-24-26-17/h1-2,5,7-10,15H,3-4,6,11H2,(H,24,26)(H,25,28). The van der Waals surface area contributed by atoms with Gasteiger partial charge in [-0.3, -0.25) is 14.9 Å². The summed E-state index contributed by atoms with van der Waals surface area (Å²) in [5, 5.41) is 10.7. The zero-order valence-corrected chi connectivity index (χ0v) is 14.8. The van der Waals surface area contributed by atoms with E-state index in [4.69, 9.17) is 0 Å². The number of aromatic nitrogens is 3. The van der Waals surface area contributed by atoms with E-state index in [-0.39, 0.29) is 18.4 Å². The summed E-state index contributed by atoms with van der Waals surface area (Å²) in [5.74, 6) is -0.114. The van der Waals surface area contributed by atoms with Gasteiger partial charge in [-0.2, -0.15) is 18.3 Å². The number of aromatic amines is 1. The number of rotatable bonds is 4. The molecular formula is C19H18F3N5O. The number of hydrogen-bond donors (Lipinski definition) is 2. The SMILES string of the molecule is O=C(Cc1ccc2[nH]ncc2c1)NC1CCN(c2cncc(C(F)(F)F)c2)C1. The van der Waals surface area contributed by atoms with Crippen LogP contribution in [-0.4, -0.2) is 40.2 Å². The molecule has 2 aromatic heterocycles. The highest BCUT2D eigenvalue weighted by atomic mass is 19.4. The quantitative estimate of drug-likeness (QED) is 0.720. The number of carbonyl (C=O) groups excluding carboxylic acids is 1. The van der Waals surface area contributed by atoms with E-state index in [2.05, 4.69) is 20.5 Å². The zero-order chi connectivity index (χ0) is 19.7. The number of hydrogen-bond acceptors (Lipinski definition) is 4. The van der Waals surface area contributed by atoms with Crippen LogP contribution in [0.5, 0.6) is 0 Å². The van der Waals surface area contributed by atoms with Crippen molar-refractivity contribution in [3.05, 3.63) is 54.0 Å². The van der Waals surface area contributed by atoms with Gasteiger partial charge in [0.15, 0.2) is 0 Å². The molecule has 6 nitrogen and oxygen atoms in total. The van der Waals surface area contributed by atoms with E-state index >= 15 is 0 Å². The molecule has 1 aliphatic rings. The van der Waals surface area contributed by atoms with Crippen LogP contribution in [-0.2, 0) is 17.4 Å². The van der Waals surface area contributed by atoms with Crippen LogP contribution in [0, 0.1) is 0 Å². The topological polar surface area (TPSA) is 73.9 Å². The van der Waals surface area contributed by atoms with Crippen LogP contribution >= 0.6 is 0 Å². The van der Waals surface area contributed by atoms with Crippen LogP contribution in [0.15, 0.2) is 42.9 Å². The van der Waals surface area contributed by atoms with Gasteiger partial charge in [-0.25, -0.2) is 0 Å². The van der Waals surface area contributed by atoms with Crippen molar-refractivity contribution < 1.29 is 18.0 Å². The van der Waals surface area contributed by atoms with Crippen molar-refractivity contribution in [3.63, 3.8) is 0 Å². The lowest BCUT2D eigenvalue weighted by Gasteiger charge is -2.20. The summed E-state index contributed by atoms with van der Waals surface area (Å²) in [6.45, 7) is 1.02. The van der Waals surface area contributed by atoms with Crippen LogP contribution in [0.3, 0.4) is 0 Å². The third-order valence-corrected chi connectivity index (χ3v) is 4.84. The van der Waals surface area contributed by atoms with Crippen LogP contribution in [0.1, 0.15) is 17.5 Å². The third kappa shape index (κ3) is 3.92. The van der Waals surface area contributed by atoms with E-state index < -0.39 is 11.7 Å². The third-order valence-electron chi connectivity index (χ3n) is 4.84. The number of fused-ring (bicyclic) bond motifs is 1. The van der Waals surface area contributed by atoms with Crippen molar-refractivity contribution in [1.82, 2.24) is 20.5 Å². The fourth-order valence-corrected chi connectivity index (χ4v) is 3.43. The number of nitrogens with zero attached hydrogens (tertiary/aromatic N) is 3. The molecule has 0 spiro atoms. The van der Waals surface area contributed by atoms with Gasteiger partial charge < -0.3 is 10.2 Å². The van der Waals surface area contributed by atoms with Crippen molar-refractivity contribution in [1.29, 1.82) is 0 Å². The molecule has 0 radical (unpaired) electrons. The van der Waals surface area contributed by atoms with Gasteiger partial charge in [0.25, 0.3) is 0 Å². The predicted octanol–water partition coefficient (Wildman–Crippen LogP) is 2.91. The van der Waals surface area contributed by atoms with Gasteiger partial charge >= 0.3 is 6.18 Å². The first kappa shape index (κ1) is 18.3. The molecule has 1 saturated heterocycles. The lowest BCUT2D eigenvalue weighted by Crippen LogP contribution is -2.38. The molecule has 1 fully saturated rings. The highest BCUT2D eigenvalue weighted by molar-refractivity contribution is 5.83. The Morgan fingerprint density at radius 1 is 1.25 bits per heavy atom. The lowest BCUT2D eigenvalue weighted by atomic mass is 10.1. The van der Waals surface area contributed by atoms with E-state index in [1.807, 2.05) is 23.1 Å². The van der Waals surface area contributed by atoms with Gasteiger partial charge in [0, 0.05) is 30.7 Å². The van der Waals surface area contributed by atoms with E-state index in [0.29, 0.717) is 25.2 Å². The predicted molar refractivity (Wildman–Crippen MR) is 97.8 cm³/mol. The molecular weight excluding hydrogens is 371 g/mol. The summed E-state index contributed by atoms with van der Waals surface area (Å²) >= 11 is 0. The molecule has 1 atom stereocenters. The van der Waals surface area contributed by atoms with E-state index in [1.165, 1.54) is 6.20 Å². The van der Waals surface area contributed by atoms with Crippen molar-refractivity contribution in [2.75, 3.05) is 18.0 Å². The maximum absolute atomic E-state index is 12.9. The molecule has 1 amide bonds. The van der Waals surface area contributed by atoms with Gasteiger partial charge in [0.1, 0.15) is 0 Å². The molecule has 146 valence electrons. The number of carbonyl (C=O) groups is 1. The Morgan fingerprint density at radius 3 is 2.93 bits per heavy atom. The Bertz CT molecular complexity index is 1000. The highest BCUT2D eigenvalue weighted by Gasteiger charge is 2.32. The number of nitrogens with one attached hydrogen (secondary N) is 2. The Balaban J connectivity index is 1.36. The molecule has 4 rings (SSSR count). The van der Waals surface area contributed by atoms with Crippen LogP contribution in [0.4, 0.5) is 18.9 Å². The van der Waals surface area contributed by atoms with Gasteiger partial charge in [-0.15, -0.1) is 0 Å². The molecule has 1 aliphatic heterocycles.